The molecular formula is C24H15Br2FN2O4. The molecule has 1 N–H and O–H groups in total. The minimum absolute atomic E-state index is 0.154. The molecule has 0 saturated carbocycles. The van der Waals surface area contributed by atoms with Crippen LogP contribution in [0.5, 0.6) is 5.75 Å². The molecule has 1 aliphatic heterocycles. The van der Waals surface area contributed by atoms with Gasteiger partial charge in [-0.3, -0.25) is 14.9 Å². The number of benzene rings is 3. The Bertz CT molecular complexity index is 1270. The fourth-order valence-corrected chi connectivity index (χ4v) is 3.79. The fourth-order valence-electron chi connectivity index (χ4n) is 3.14. The Morgan fingerprint density at radius 2 is 1.58 bits per heavy atom. The highest BCUT2D eigenvalue weighted by Gasteiger charge is 2.37. The lowest BCUT2D eigenvalue weighted by molar-refractivity contribution is -0.122. The van der Waals surface area contributed by atoms with Crippen LogP contribution in [-0.4, -0.2) is 17.8 Å². The number of hydrogen-bond donors (Lipinski definition) is 1. The second-order valence-electron chi connectivity index (χ2n) is 7.03. The Balaban J connectivity index is 1.66. The zero-order chi connectivity index (χ0) is 23.5. The van der Waals surface area contributed by atoms with Gasteiger partial charge < -0.3 is 4.74 Å². The Morgan fingerprint density at radius 3 is 2.27 bits per heavy atom. The number of hydrogen-bond acceptors (Lipinski definition) is 4. The van der Waals surface area contributed by atoms with Gasteiger partial charge in [-0.2, -0.15) is 0 Å². The zero-order valence-electron chi connectivity index (χ0n) is 16.8. The highest BCUT2D eigenvalue weighted by atomic mass is 79.9. The molecule has 0 aromatic heterocycles. The van der Waals surface area contributed by atoms with E-state index in [1.165, 1.54) is 18.2 Å². The summed E-state index contributed by atoms with van der Waals surface area (Å²) in [5.41, 5.74) is 1.30. The van der Waals surface area contributed by atoms with E-state index in [2.05, 4.69) is 37.2 Å². The molecule has 0 bridgehead atoms. The molecule has 0 aliphatic carbocycles. The first-order chi connectivity index (χ1) is 15.8. The average molecular weight is 574 g/mol. The molecular weight excluding hydrogens is 559 g/mol. The van der Waals surface area contributed by atoms with E-state index < -0.39 is 17.8 Å². The molecule has 0 spiro atoms. The van der Waals surface area contributed by atoms with E-state index in [0.717, 1.165) is 14.9 Å². The van der Waals surface area contributed by atoms with Crippen molar-refractivity contribution in [1.82, 2.24) is 5.32 Å². The van der Waals surface area contributed by atoms with E-state index in [9.17, 15) is 18.8 Å². The largest absolute Gasteiger partial charge is 0.488 e. The fraction of sp³-hybridized carbons (Fsp3) is 0.0417. The maximum Gasteiger partial charge on any atom is 0.335 e. The lowest BCUT2D eigenvalue weighted by Gasteiger charge is -2.26. The lowest BCUT2D eigenvalue weighted by atomic mass is 10.1. The van der Waals surface area contributed by atoms with Crippen LogP contribution in [0.1, 0.15) is 11.1 Å². The van der Waals surface area contributed by atoms with Gasteiger partial charge in [-0.15, -0.1) is 0 Å². The number of carbonyl (C=O) groups is 3. The maximum atomic E-state index is 13.1. The molecule has 1 heterocycles. The van der Waals surface area contributed by atoms with Crippen LogP contribution < -0.4 is 15.0 Å². The third-order valence-corrected chi connectivity index (χ3v) is 5.79. The van der Waals surface area contributed by atoms with Gasteiger partial charge in [0.05, 0.1) is 5.69 Å². The average Bonchev–Trinajstić information content (AvgIpc) is 2.78. The Labute approximate surface area is 205 Å². The minimum atomic E-state index is -0.827. The van der Waals surface area contributed by atoms with Crippen LogP contribution in [-0.2, 0) is 16.2 Å². The summed E-state index contributed by atoms with van der Waals surface area (Å²) in [7, 11) is 0. The van der Waals surface area contributed by atoms with Gasteiger partial charge in [-0.1, -0.05) is 44.0 Å². The monoisotopic (exact) mass is 572 g/mol. The molecule has 9 heteroatoms. The summed E-state index contributed by atoms with van der Waals surface area (Å²) in [6, 6.07) is 16.7. The zero-order valence-corrected chi connectivity index (χ0v) is 20.0. The highest BCUT2D eigenvalue weighted by Crippen LogP contribution is 2.29. The van der Waals surface area contributed by atoms with Crippen molar-refractivity contribution in [2.24, 2.45) is 0 Å². The van der Waals surface area contributed by atoms with E-state index in [4.69, 9.17) is 4.74 Å². The molecule has 33 heavy (non-hydrogen) atoms. The van der Waals surface area contributed by atoms with E-state index in [1.807, 2.05) is 0 Å². The summed E-state index contributed by atoms with van der Waals surface area (Å²) in [6.07, 6.45) is 1.38. The minimum Gasteiger partial charge on any atom is -0.488 e. The number of nitrogens with one attached hydrogen (secondary N) is 1. The SMILES string of the molecule is O=C1NC(=O)N(c2ccc(Br)cc2)C(=O)/C1=C/c1cc(Br)ccc1OCc1ccc(F)cc1. The van der Waals surface area contributed by atoms with E-state index in [0.29, 0.717) is 21.5 Å². The second-order valence-corrected chi connectivity index (χ2v) is 8.86. The summed E-state index contributed by atoms with van der Waals surface area (Å²) >= 11 is 6.69. The Kier molecular flexibility index (Phi) is 6.71. The molecule has 3 aromatic carbocycles. The Hall–Kier alpha value is -3.30. The number of rotatable bonds is 5. The number of halogens is 3. The normalized spacial score (nSPS) is 15.1. The third-order valence-electron chi connectivity index (χ3n) is 4.77. The first-order valence-corrected chi connectivity index (χ1v) is 11.2. The van der Waals surface area contributed by atoms with Crippen molar-refractivity contribution < 1.29 is 23.5 Å². The van der Waals surface area contributed by atoms with Crippen LogP contribution in [0.2, 0.25) is 0 Å². The molecule has 3 aromatic rings. The quantitative estimate of drug-likeness (QED) is 0.319. The van der Waals surface area contributed by atoms with Crippen molar-refractivity contribution in [3.63, 3.8) is 0 Å². The molecule has 6 nitrogen and oxygen atoms in total. The van der Waals surface area contributed by atoms with Crippen LogP contribution in [0.3, 0.4) is 0 Å². The molecule has 0 unspecified atom stereocenters. The lowest BCUT2D eigenvalue weighted by Crippen LogP contribution is -2.54. The third kappa shape index (κ3) is 5.20. The number of nitrogens with zero attached hydrogens (tertiary/aromatic N) is 1. The van der Waals surface area contributed by atoms with Crippen LogP contribution >= 0.6 is 31.9 Å². The Morgan fingerprint density at radius 1 is 0.909 bits per heavy atom. The molecule has 0 atom stereocenters. The van der Waals surface area contributed by atoms with Gasteiger partial charge in [0.2, 0.25) is 0 Å². The van der Waals surface area contributed by atoms with Crippen molar-refractivity contribution >= 4 is 61.5 Å². The second kappa shape index (κ2) is 9.68. The number of barbiturate groups is 1. The number of imide groups is 2. The highest BCUT2D eigenvalue weighted by molar-refractivity contribution is 9.10. The van der Waals surface area contributed by atoms with Crippen molar-refractivity contribution in [2.75, 3.05) is 4.90 Å². The molecule has 1 saturated heterocycles. The van der Waals surface area contributed by atoms with Gasteiger partial charge in [0, 0.05) is 14.5 Å². The van der Waals surface area contributed by atoms with Gasteiger partial charge in [-0.25, -0.2) is 14.1 Å². The van der Waals surface area contributed by atoms with E-state index in [1.54, 1.807) is 54.6 Å². The number of ether oxygens (including phenoxy) is 1. The molecule has 1 aliphatic rings. The van der Waals surface area contributed by atoms with E-state index >= 15 is 0 Å². The maximum absolute atomic E-state index is 13.1. The number of amides is 4. The van der Waals surface area contributed by atoms with E-state index in [-0.39, 0.29) is 18.0 Å². The summed E-state index contributed by atoms with van der Waals surface area (Å²) < 4.78 is 20.5. The van der Waals surface area contributed by atoms with Gasteiger partial charge in [0.15, 0.2) is 0 Å². The molecule has 1 fully saturated rings. The molecule has 4 amide bonds. The summed E-state index contributed by atoms with van der Waals surface area (Å²) in [6.45, 7) is 0.154. The van der Waals surface area contributed by atoms with Gasteiger partial charge in [0.25, 0.3) is 11.8 Å². The van der Waals surface area contributed by atoms with Gasteiger partial charge in [0.1, 0.15) is 23.7 Å². The van der Waals surface area contributed by atoms with Crippen molar-refractivity contribution in [3.8, 4) is 5.75 Å². The molecule has 4 rings (SSSR count). The summed E-state index contributed by atoms with van der Waals surface area (Å²) in [5, 5.41) is 2.20. The standard InChI is InChI=1S/C24H15Br2FN2O4/c25-16-3-8-19(9-4-16)29-23(31)20(22(30)28-24(29)32)12-15-11-17(26)5-10-21(15)33-13-14-1-6-18(27)7-2-14/h1-12H,13H2,(H,28,30,32)/b20-12+. The van der Waals surface area contributed by atoms with Gasteiger partial charge in [-0.05, 0) is 66.2 Å². The molecule has 0 radical (unpaired) electrons. The van der Waals surface area contributed by atoms with Crippen LogP contribution in [0.15, 0.2) is 81.2 Å². The first kappa shape index (κ1) is 22.9. The number of anilines is 1. The van der Waals surface area contributed by atoms with Crippen LogP contribution in [0.25, 0.3) is 6.08 Å². The van der Waals surface area contributed by atoms with Crippen LogP contribution in [0.4, 0.5) is 14.9 Å². The smallest absolute Gasteiger partial charge is 0.335 e. The van der Waals surface area contributed by atoms with Crippen molar-refractivity contribution in [1.29, 1.82) is 0 Å². The predicted octanol–water partition coefficient (Wildman–Crippen LogP) is 5.60. The summed E-state index contributed by atoms with van der Waals surface area (Å²) in [4.78, 5) is 38.9. The predicted molar refractivity (Wildman–Crippen MR) is 128 cm³/mol. The number of carbonyl (C=O) groups excluding carboxylic acids is 3. The van der Waals surface area contributed by atoms with Crippen molar-refractivity contribution in [3.05, 3.63) is 98.2 Å². The number of urea groups is 1. The van der Waals surface area contributed by atoms with Crippen LogP contribution in [0, 0.1) is 5.82 Å². The molecule has 166 valence electrons. The summed E-state index contributed by atoms with van der Waals surface area (Å²) in [5.74, 6) is -1.50. The topological polar surface area (TPSA) is 75.7 Å². The first-order valence-electron chi connectivity index (χ1n) is 9.65. The van der Waals surface area contributed by atoms with Crippen molar-refractivity contribution in [2.45, 2.75) is 6.61 Å². The van der Waals surface area contributed by atoms with Gasteiger partial charge >= 0.3 is 6.03 Å².